The molecule has 2 aromatic rings. The predicted octanol–water partition coefficient (Wildman–Crippen LogP) is 1.15. The Kier molecular flexibility index (Phi) is 3.59. The molecule has 0 fully saturated rings. The van der Waals surface area contributed by atoms with Crippen LogP contribution in [-0.4, -0.2) is 38.5 Å². The molecule has 2 rings (SSSR count). The molecule has 0 aliphatic rings. The van der Waals surface area contributed by atoms with Gasteiger partial charge in [0.25, 0.3) is 0 Å². The fraction of sp³-hybridized carbons (Fsp3) is 0.182. The van der Waals surface area contributed by atoms with E-state index < -0.39 is 18.4 Å². The van der Waals surface area contributed by atoms with E-state index in [1.807, 2.05) is 0 Å². The molecule has 0 unspecified atom stereocenters. The predicted molar refractivity (Wildman–Crippen MR) is 59.3 cm³/mol. The number of halogens is 3. The Bertz CT molecular complexity index is 651. The number of ketones is 1. The second-order valence-corrected chi connectivity index (χ2v) is 3.78. The molecule has 0 saturated carbocycles. The van der Waals surface area contributed by atoms with Crippen LogP contribution in [0.15, 0.2) is 24.3 Å². The van der Waals surface area contributed by atoms with Gasteiger partial charge in [0.2, 0.25) is 5.78 Å². The van der Waals surface area contributed by atoms with Crippen molar-refractivity contribution in [2.24, 2.45) is 0 Å². The number of para-hydroxylation sites is 1. The average Bonchev–Trinajstić information content (AvgIpc) is 2.85. The number of carbonyl (C=O) groups is 2. The minimum Gasteiger partial charge on any atom is -0.298 e. The lowest BCUT2D eigenvalue weighted by molar-refractivity contribution is -0.170. The van der Waals surface area contributed by atoms with E-state index >= 15 is 0 Å². The monoisotopic (exact) mass is 284 g/mol. The van der Waals surface area contributed by atoms with E-state index in [2.05, 4.69) is 15.5 Å². The first-order chi connectivity index (χ1) is 9.43. The number of hydrogen-bond acceptors (Lipinski definition) is 5. The molecular weight excluding hydrogens is 277 g/mol. The third-order valence-corrected chi connectivity index (χ3v) is 2.46. The van der Waals surface area contributed by atoms with Gasteiger partial charge in [-0.1, -0.05) is 12.1 Å². The number of benzene rings is 1. The molecule has 0 saturated heterocycles. The summed E-state index contributed by atoms with van der Waals surface area (Å²) in [5, 5.41) is 10.1. The standard InChI is InChI=1S/C11H7F3N4O2/c12-11(13,14)9(20)5-10-15-16-17-18(10)8-4-2-1-3-7(8)6-19/h1-4,6H,5H2. The Morgan fingerprint density at radius 3 is 2.65 bits per heavy atom. The first-order valence-corrected chi connectivity index (χ1v) is 5.35. The van der Waals surface area contributed by atoms with Crippen molar-refractivity contribution in [3.63, 3.8) is 0 Å². The van der Waals surface area contributed by atoms with E-state index in [4.69, 9.17) is 0 Å². The summed E-state index contributed by atoms with van der Waals surface area (Å²) >= 11 is 0. The summed E-state index contributed by atoms with van der Waals surface area (Å²) in [5.41, 5.74) is 0.401. The number of carbonyl (C=O) groups excluding carboxylic acids is 2. The van der Waals surface area contributed by atoms with Gasteiger partial charge in [0.05, 0.1) is 12.1 Å². The minimum absolute atomic E-state index is 0.195. The van der Waals surface area contributed by atoms with Crippen molar-refractivity contribution in [1.82, 2.24) is 20.2 Å². The summed E-state index contributed by atoms with van der Waals surface area (Å²) in [6, 6.07) is 6.07. The maximum absolute atomic E-state index is 12.2. The van der Waals surface area contributed by atoms with Gasteiger partial charge in [-0.3, -0.25) is 9.59 Å². The van der Waals surface area contributed by atoms with Gasteiger partial charge in [0, 0.05) is 5.56 Å². The molecule has 6 nitrogen and oxygen atoms in total. The minimum atomic E-state index is -4.96. The van der Waals surface area contributed by atoms with Crippen molar-refractivity contribution in [2.75, 3.05) is 0 Å². The van der Waals surface area contributed by atoms with Gasteiger partial charge >= 0.3 is 6.18 Å². The highest BCUT2D eigenvalue weighted by Crippen LogP contribution is 2.19. The molecule has 20 heavy (non-hydrogen) atoms. The molecule has 0 aliphatic carbocycles. The van der Waals surface area contributed by atoms with Crippen LogP contribution in [0.25, 0.3) is 5.69 Å². The number of rotatable bonds is 4. The average molecular weight is 284 g/mol. The van der Waals surface area contributed by atoms with E-state index in [1.54, 1.807) is 12.1 Å². The summed E-state index contributed by atoms with van der Waals surface area (Å²) in [6.07, 6.45) is -5.43. The smallest absolute Gasteiger partial charge is 0.298 e. The van der Waals surface area contributed by atoms with Crippen LogP contribution in [0.3, 0.4) is 0 Å². The van der Waals surface area contributed by atoms with Gasteiger partial charge in [-0.05, 0) is 22.6 Å². The zero-order valence-corrected chi connectivity index (χ0v) is 9.83. The molecule has 0 amide bonds. The highest BCUT2D eigenvalue weighted by molar-refractivity contribution is 5.86. The van der Waals surface area contributed by atoms with E-state index in [1.165, 1.54) is 12.1 Å². The number of nitrogens with zero attached hydrogens (tertiary/aromatic N) is 4. The number of alkyl halides is 3. The van der Waals surface area contributed by atoms with Gasteiger partial charge in [-0.2, -0.15) is 17.9 Å². The summed E-state index contributed by atoms with van der Waals surface area (Å²) < 4.78 is 37.6. The molecule has 0 N–H and O–H groups in total. The highest BCUT2D eigenvalue weighted by Gasteiger charge is 2.39. The van der Waals surface area contributed by atoms with Gasteiger partial charge in [-0.25, -0.2) is 0 Å². The van der Waals surface area contributed by atoms with Crippen molar-refractivity contribution >= 4 is 12.1 Å². The summed E-state index contributed by atoms with van der Waals surface area (Å²) in [6.45, 7) is 0. The Morgan fingerprint density at radius 2 is 2.00 bits per heavy atom. The SMILES string of the molecule is O=Cc1ccccc1-n1nnnc1CC(=O)C(F)(F)F. The largest absolute Gasteiger partial charge is 0.450 e. The van der Waals surface area contributed by atoms with E-state index in [0.717, 1.165) is 4.68 Å². The molecule has 9 heteroatoms. The van der Waals surface area contributed by atoms with Crippen molar-refractivity contribution in [2.45, 2.75) is 12.6 Å². The van der Waals surface area contributed by atoms with Crippen LogP contribution < -0.4 is 0 Å². The van der Waals surface area contributed by atoms with Gasteiger partial charge in [0.15, 0.2) is 12.1 Å². The van der Waals surface area contributed by atoms with Crippen LogP contribution >= 0.6 is 0 Å². The molecule has 1 aromatic carbocycles. The fourth-order valence-corrected chi connectivity index (χ4v) is 1.53. The molecule has 0 bridgehead atoms. The molecule has 0 atom stereocenters. The number of tetrazole rings is 1. The van der Waals surface area contributed by atoms with Crippen LogP contribution in [0.5, 0.6) is 0 Å². The number of hydrogen-bond donors (Lipinski definition) is 0. The topological polar surface area (TPSA) is 77.7 Å². The van der Waals surface area contributed by atoms with E-state index in [9.17, 15) is 22.8 Å². The third kappa shape index (κ3) is 2.71. The highest BCUT2D eigenvalue weighted by atomic mass is 19.4. The van der Waals surface area contributed by atoms with E-state index in [-0.39, 0.29) is 17.1 Å². The number of Topliss-reactive ketones (excluding diaryl/α,β-unsaturated/α-hetero) is 1. The molecule has 104 valence electrons. The number of aldehydes is 1. The van der Waals surface area contributed by atoms with Gasteiger partial charge in [-0.15, -0.1) is 5.10 Å². The molecule has 1 aromatic heterocycles. The third-order valence-electron chi connectivity index (χ3n) is 2.46. The van der Waals surface area contributed by atoms with Crippen molar-refractivity contribution < 1.29 is 22.8 Å². The Balaban J connectivity index is 2.39. The van der Waals surface area contributed by atoms with Crippen LogP contribution in [0.1, 0.15) is 16.2 Å². The molecule has 0 spiro atoms. The maximum Gasteiger partial charge on any atom is 0.450 e. The maximum atomic E-state index is 12.2. The van der Waals surface area contributed by atoms with Crippen LogP contribution in [0, 0.1) is 0 Å². The van der Waals surface area contributed by atoms with Gasteiger partial charge < -0.3 is 0 Å². The molecule has 1 heterocycles. The molecule has 0 radical (unpaired) electrons. The Labute approximate surface area is 110 Å². The second-order valence-electron chi connectivity index (χ2n) is 3.78. The van der Waals surface area contributed by atoms with E-state index in [0.29, 0.717) is 6.29 Å². The zero-order valence-electron chi connectivity index (χ0n) is 9.83. The summed E-state index contributed by atoms with van der Waals surface area (Å²) in [4.78, 5) is 21.9. The van der Waals surface area contributed by atoms with Crippen molar-refractivity contribution in [1.29, 1.82) is 0 Å². The second kappa shape index (κ2) is 5.19. The molecule has 0 aliphatic heterocycles. The Morgan fingerprint density at radius 1 is 1.30 bits per heavy atom. The van der Waals surface area contributed by atoms with Crippen LogP contribution in [0.4, 0.5) is 13.2 Å². The van der Waals surface area contributed by atoms with Crippen molar-refractivity contribution in [3.8, 4) is 5.69 Å². The molecular formula is C11H7F3N4O2. The normalized spacial score (nSPS) is 11.3. The van der Waals surface area contributed by atoms with Gasteiger partial charge in [0.1, 0.15) is 0 Å². The van der Waals surface area contributed by atoms with Crippen LogP contribution in [-0.2, 0) is 11.2 Å². The lowest BCUT2D eigenvalue weighted by atomic mass is 10.2. The zero-order chi connectivity index (χ0) is 14.8. The first-order valence-electron chi connectivity index (χ1n) is 5.35. The summed E-state index contributed by atoms with van der Waals surface area (Å²) in [7, 11) is 0. The first kappa shape index (κ1) is 13.8. The lowest BCUT2D eigenvalue weighted by Gasteiger charge is -2.07. The lowest BCUT2D eigenvalue weighted by Crippen LogP contribution is -2.26. The quantitative estimate of drug-likeness (QED) is 0.787. The Hall–Kier alpha value is -2.58. The van der Waals surface area contributed by atoms with Crippen LogP contribution in [0.2, 0.25) is 0 Å². The van der Waals surface area contributed by atoms with Crippen molar-refractivity contribution in [3.05, 3.63) is 35.7 Å². The number of aromatic nitrogens is 4. The fourth-order valence-electron chi connectivity index (χ4n) is 1.53. The summed E-state index contributed by atoms with van der Waals surface area (Å²) in [5.74, 6) is -2.25.